The van der Waals surface area contributed by atoms with Crippen LogP contribution in [0.2, 0.25) is 0 Å². The minimum atomic E-state index is -0.200. The SMILES string of the molecule is Cc1oc2nc(SC(C)C)nc(NC(=O)c3ccccc3)c2c1C. The second kappa shape index (κ2) is 6.65. The smallest absolute Gasteiger partial charge is 0.256 e. The van der Waals surface area contributed by atoms with Gasteiger partial charge in [-0.3, -0.25) is 4.79 Å². The van der Waals surface area contributed by atoms with Crippen LogP contribution in [0.4, 0.5) is 5.82 Å². The summed E-state index contributed by atoms with van der Waals surface area (Å²) in [5.74, 6) is 1.07. The number of furan rings is 1. The molecule has 0 radical (unpaired) electrons. The van der Waals surface area contributed by atoms with Gasteiger partial charge in [-0.15, -0.1) is 0 Å². The van der Waals surface area contributed by atoms with Gasteiger partial charge in [0.1, 0.15) is 11.6 Å². The van der Waals surface area contributed by atoms with Crippen molar-refractivity contribution in [1.82, 2.24) is 9.97 Å². The van der Waals surface area contributed by atoms with Crippen molar-refractivity contribution in [3.05, 3.63) is 47.2 Å². The molecule has 24 heavy (non-hydrogen) atoms. The molecule has 0 atom stereocenters. The number of carbonyl (C=O) groups excluding carboxylic acids is 1. The molecule has 0 aliphatic carbocycles. The molecule has 0 bridgehead atoms. The van der Waals surface area contributed by atoms with Crippen LogP contribution < -0.4 is 5.32 Å². The predicted octanol–water partition coefficient (Wildman–Crippen LogP) is 4.59. The van der Waals surface area contributed by atoms with Crippen molar-refractivity contribution in [2.45, 2.75) is 38.1 Å². The van der Waals surface area contributed by atoms with Crippen LogP contribution in [0.5, 0.6) is 0 Å². The highest BCUT2D eigenvalue weighted by atomic mass is 32.2. The molecule has 0 unspecified atom stereocenters. The number of aromatic nitrogens is 2. The van der Waals surface area contributed by atoms with Gasteiger partial charge in [-0.25, -0.2) is 4.98 Å². The van der Waals surface area contributed by atoms with Crippen LogP contribution in [0, 0.1) is 13.8 Å². The lowest BCUT2D eigenvalue weighted by Crippen LogP contribution is -2.14. The Labute approximate surface area is 144 Å². The minimum Gasteiger partial charge on any atom is -0.443 e. The Morgan fingerprint density at radius 1 is 1.17 bits per heavy atom. The number of amides is 1. The number of benzene rings is 1. The fourth-order valence-electron chi connectivity index (χ4n) is 2.35. The number of hydrogen-bond acceptors (Lipinski definition) is 5. The molecule has 3 rings (SSSR count). The van der Waals surface area contributed by atoms with Crippen LogP contribution >= 0.6 is 11.8 Å². The third kappa shape index (κ3) is 3.28. The van der Waals surface area contributed by atoms with E-state index in [1.807, 2.05) is 32.0 Å². The molecule has 2 aromatic heterocycles. The van der Waals surface area contributed by atoms with Crippen LogP contribution in [0.25, 0.3) is 11.1 Å². The lowest BCUT2D eigenvalue weighted by atomic mass is 10.2. The summed E-state index contributed by atoms with van der Waals surface area (Å²) in [5.41, 5.74) is 2.03. The van der Waals surface area contributed by atoms with Crippen LogP contribution in [0.1, 0.15) is 35.5 Å². The van der Waals surface area contributed by atoms with Crippen molar-refractivity contribution in [2.24, 2.45) is 0 Å². The van der Waals surface area contributed by atoms with E-state index in [9.17, 15) is 4.79 Å². The largest absolute Gasteiger partial charge is 0.443 e. The first kappa shape index (κ1) is 16.5. The van der Waals surface area contributed by atoms with Gasteiger partial charge in [0.05, 0.1) is 5.39 Å². The molecular formula is C18H19N3O2S. The Morgan fingerprint density at radius 2 is 1.88 bits per heavy atom. The van der Waals surface area contributed by atoms with Gasteiger partial charge in [-0.2, -0.15) is 4.98 Å². The summed E-state index contributed by atoms with van der Waals surface area (Å²) in [5, 5.41) is 4.58. The monoisotopic (exact) mass is 341 g/mol. The van der Waals surface area contributed by atoms with Crippen LogP contribution in [-0.4, -0.2) is 21.1 Å². The number of nitrogens with one attached hydrogen (secondary N) is 1. The maximum absolute atomic E-state index is 12.5. The molecule has 124 valence electrons. The molecule has 1 N–H and O–H groups in total. The first-order chi connectivity index (χ1) is 11.5. The van der Waals surface area contributed by atoms with Gasteiger partial charge in [0.2, 0.25) is 5.71 Å². The van der Waals surface area contributed by atoms with Gasteiger partial charge in [-0.05, 0) is 26.0 Å². The van der Waals surface area contributed by atoms with Gasteiger partial charge in [0.15, 0.2) is 5.16 Å². The topological polar surface area (TPSA) is 68.0 Å². The highest BCUT2D eigenvalue weighted by Crippen LogP contribution is 2.32. The van der Waals surface area contributed by atoms with E-state index in [2.05, 4.69) is 29.1 Å². The van der Waals surface area contributed by atoms with E-state index in [1.165, 1.54) is 11.8 Å². The number of fused-ring (bicyclic) bond motifs is 1. The van der Waals surface area contributed by atoms with Crippen molar-refractivity contribution in [3.8, 4) is 0 Å². The van der Waals surface area contributed by atoms with Crippen molar-refractivity contribution in [1.29, 1.82) is 0 Å². The summed E-state index contributed by atoms with van der Waals surface area (Å²) in [6.45, 7) is 7.96. The highest BCUT2D eigenvalue weighted by molar-refractivity contribution is 7.99. The Morgan fingerprint density at radius 3 is 2.54 bits per heavy atom. The maximum atomic E-state index is 12.5. The number of carbonyl (C=O) groups is 1. The lowest BCUT2D eigenvalue weighted by molar-refractivity contribution is 0.102. The number of anilines is 1. The Kier molecular flexibility index (Phi) is 4.57. The minimum absolute atomic E-state index is 0.200. The molecule has 5 nitrogen and oxygen atoms in total. The number of hydrogen-bond donors (Lipinski definition) is 1. The zero-order chi connectivity index (χ0) is 17.3. The molecule has 1 aromatic carbocycles. The van der Waals surface area contributed by atoms with E-state index < -0.39 is 0 Å². The molecule has 2 heterocycles. The maximum Gasteiger partial charge on any atom is 0.256 e. The second-order valence-corrected chi connectivity index (χ2v) is 7.35. The molecular weight excluding hydrogens is 322 g/mol. The molecule has 0 fully saturated rings. The first-order valence-electron chi connectivity index (χ1n) is 7.76. The van der Waals surface area contributed by atoms with Crippen LogP contribution in [-0.2, 0) is 0 Å². The second-order valence-electron chi connectivity index (χ2n) is 5.80. The zero-order valence-electron chi connectivity index (χ0n) is 14.1. The molecule has 0 spiro atoms. The number of thioether (sulfide) groups is 1. The molecule has 3 aromatic rings. The summed E-state index contributed by atoms with van der Waals surface area (Å²) in [6.07, 6.45) is 0. The number of nitrogens with zero attached hydrogens (tertiary/aromatic N) is 2. The normalized spacial score (nSPS) is 11.2. The van der Waals surface area contributed by atoms with Crippen LogP contribution in [0.15, 0.2) is 39.9 Å². The third-order valence-corrected chi connectivity index (χ3v) is 4.48. The van der Waals surface area contributed by atoms with E-state index in [0.717, 1.165) is 16.7 Å². The first-order valence-corrected chi connectivity index (χ1v) is 8.64. The molecule has 6 heteroatoms. The quantitative estimate of drug-likeness (QED) is 0.555. The predicted molar refractivity (Wildman–Crippen MR) is 96.7 cm³/mol. The summed E-state index contributed by atoms with van der Waals surface area (Å²) >= 11 is 1.53. The zero-order valence-corrected chi connectivity index (χ0v) is 14.9. The van der Waals surface area contributed by atoms with E-state index in [4.69, 9.17) is 4.42 Å². The standard InChI is InChI=1S/C18H19N3O2S/c1-10(2)24-18-20-15(14-11(3)12(4)23-17(14)21-18)19-16(22)13-8-6-5-7-9-13/h5-10H,1-4H3,(H,19,20,21,22). The fourth-order valence-corrected chi connectivity index (χ4v) is 3.05. The van der Waals surface area contributed by atoms with Crippen molar-refractivity contribution >= 4 is 34.6 Å². The molecule has 0 saturated carbocycles. The van der Waals surface area contributed by atoms with Gasteiger partial charge >= 0.3 is 0 Å². The van der Waals surface area contributed by atoms with Gasteiger partial charge in [-0.1, -0.05) is 43.8 Å². The van der Waals surface area contributed by atoms with E-state index in [-0.39, 0.29) is 5.91 Å². The van der Waals surface area contributed by atoms with Gasteiger partial charge in [0.25, 0.3) is 5.91 Å². The molecule has 0 saturated heterocycles. The summed E-state index contributed by atoms with van der Waals surface area (Å²) in [6, 6.07) is 9.08. The van der Waals surface area contributed by atoms with E-state index in [0.29, 0.717) is 27.5 Å². The summed E-state index contributed by atoms with van der Waals surface area (Å²) in [4.78, 5) is 21.5. The third-order valence-electron chi connectivity index (χ3n) is 3.62. The van der Waals surface area contributed by atoms with Crippen LogP contribution in [0.3, 0.4) is 0 Å². The number of rotatable bonds is 4. The van der Waals surface area contributed by atoms with Gasteiger partial charge in [0, 0.05) is 16.4 Å². The Bertz CT molecular complexity index is 888. The molecule has 1 amide bonds. The number of aryl methyl sites for hydroxylation is 2. The lowest BCUT2D eigenvalue weighted by Gasteiger charge is -2.09. The van der Waals surface area contributed by atoms with Crippen molar-refractivity contribution in [2.75, 3.05) is 5.32 Å². The average molecular weight is 341 g/mol. The molecule has 0 aliphatic heterocycles. The molecule has 0 aliphatic rings. The highest BCUT2D eigenvalue weighted by Gasteiger charge is 2.19. The van der Waals surface area contributed by atoms with E-state index in [1.54, 1.807) is 12.1 Å². The van der Waals surface area contributed by atoms with E-state index >= 15 is 0 Å². The van der Waals surface area contributed by atoms with Crippen molar-refractivity contribution in [3.63, 3.8) is 0 Å². The average Bonchev–Trinajstić information content (AvgIpc) is 2.82. The fraction of sp³-hybridized carbons (Fsp3) is 0.278. The Balaban J connectivity index is 2.05. The van der Waals surface area contributed by atoms with Crippen molar-refractivity contribution < 1.29 is 9.21 Å². The summed E-state index contributed by atoms with van der Waals surface area (Å²) < 4.78 is 5.73. The summed E-state index contributed by atoms with van der Waals surface area (Å²) in [7, 11) is 0. The Hall–Kier alpha value is -2.34. The van der Waals surface area contributed by atoms with Gasteiger partial charge < -0.3 is 9.73 Å².